The van der Waals surface area contributed by atoms with Crippen molar-refractivity contribution in [2.24, 2.45) is 0 Å². The van der Waals surface area contributed by atoms with Gasteiger partial charge in [0, 0.05) is 17.1 Å². The lowest BCUT2D eigenvalue weighted by Crippen LogP contribution is -2.40. The molecule has 38 heavy (non-hydrogen) atoms. The molecule has 1 aromatic heterocycles. The number of aryl methyl sites for hydroxylation is 1. The van der Waals surface area contributed by atoms with Gasteiger partial charge < -0.3 is 9.64 Å². The third-order valence-electron chi connectivity index (χ3n) is 6.20. The third-order valence-corrected chi connectivity index (χ3v) is 6.45. The summed E-state index contributed by atoms with van der Waals surface area (Å²) in [6, 6.07) is 23.5. The number of halogens is 1. The van der Waals surface area contributed by atoms with Crippen LogP contribution in [0.1, 0.15) is 36.2 Å². The fourth-order valence-electron chi connectivity index (χ4n) is 4.29. The van der Waals surface area contributed by atoms with Crippen molar-refractivity contribution in [1.29, 1.82) is 0 Å². The summed E-state index contributed by atoms with van der Waals surface area (Å²) in [4.78, 5) is 41.8. The molecule has 0 spiro atoms. The molecule has 4 aromatic rings. The van der Waals surface area contributed by atoms with Gasteiger partial charge in [0.1, 0.15) is 11.3 Å². The number of hydrogen-bond acceptors (Lipinski definition) is 4. The van der Waals surface area contributed by atoms with E-state index >= 15 is 0 Å². The first-order valence-electron chi connectivity index (χ1n) is 12.6. The van der Waals surface area contributed by atoms with Crippen molar-refractivity contribution in [3.05, 3.63) is 105 Å². The highest BCUT2D eigenvalue weighted by Crippen LogP contribution is 2.23. The van der Waals surface area contributed by atoms with E-state index in [2.05, 4.69) is 5.10 Å². The van der Waals surface area contributed by atoms with Gasteiger partial charge >= 0.3 is 0 Å². The van der Waals surface area contributed by atoms with Gasteiger partial charge in [-0.1, -0.05) is 74.0 Å². The fraction of sp³-hybridized carbons (Fsp3) is 0.233. The van der Waals surface area contributed by atoms with Crippen LogP contribution in [0.5, 0.6) is 5.75 Å². The van der Waals surface area contributed by atoms with Crippen molar-refractivity contribution < 1.29 is 14.3 Å². The zero-order valence-corrected chi connectivity index (χ0v) is 22.2. The Morgan fingerprint density at radius 2 is 1.63 bits per heavy atom. The lowest BCUT2D eigenvalue weighted by Gasteiger charge is -2.21. The molecule has 0 saturated carbocycles. The summed E-state index contributed by atoms with van der Waals surface area (Å²) in [6.07, 6.45) is 1.37. The van der Waals surface area contributed by atoms with Crippen LogP contribution in [0, 0.1) is 0 Å². The van der Waals surface area contributed by atoms with Crippen molar-refractivity contribution in [3.8, 4) is 22.7 Å². The van der Waals surface area contributed by atoms with Crippen LogP contribution >= 0.6 is 11.6 Å². The number of ketones is 1. The van der Waals surface area contributed by atoms with E-state index < -0.39 is 11.3 Å². The second-order valence-electron chi connectivity index (χ2n) is 8.83. The maximum atomic E-state index is 13.7. The number of aromatic amines is 1. The number of amides is 1. The van der Waals surface area contributed by atoms with Crippen LogP contribution in [0.4, 0.5) is 0 Å². The van der Waals surface area contributed by atoms with Crippen LogP contribution in [-0.4, -0.2) is 46.1 Å². The number of para-hydroxylation sites is 1. The molecule has 0 unspecified atom stereocenters. The summed E-state index contributed by atoms with van der Waals surface area (Å²) in [5.41, 5.74) is 2.37. The van der Waals surface area contributed by atoms with Crippen LogP contribution in [0.3, 0.4) is 0 Å². The van der Waals surface area contributed by atoms with Gasteiger partial charge in [0.05, 0.1) is 17.9 Å². The molecule has 1 amide bonds. The minimum atomic E-state index is -0.448. The molecular weight excluding hydrogens is 502 g/mol. The van der Waals surface area contributed by atoms with Gasteiger partial charge in [0.25, 0.3) is 11.5 Å². The molecule has 7 nitrogen and oxygen atoms in total. The lowest BCUT2D eigenvalue weighted by molar-refractivity contribution is -0.132. The molecule has 3 aromatic carbocycles. The summed E-state index contributed by atoms with van der Waals surface area (Å²) < 4.78 is 7.03. The topological polar surface area (TPSA) is 84.4 Å². The minimum Gasteiger partial charge on any atom is -0.484 e. The molecule has 0 radical (unpaired) electrons. The predicted molar refractivity (Wildman–Crippen MR) is 149 cm³/mol. The number of hydrogen-bond donors (Lipinski definition) is 1. The highest BCUT2D eigenvalue weighted by atomic mass is 35.5. The molecule has 0 aliphatic carbocycles. The molecule has 0 saturated heterocycles. The van der Waals surface area contributed by atoms with Gasteiger partial charge in [0.15, 0.2) is 12.4 Å². The van der Waals surface area contributed by atoms with E-state index in [0.717, 1.165) is 12.0 Å². The number of carbonyl (C=O) groups is 2. The normalized spacial score (nSPS) is 10.8. The first-order chi connectivity index (χ1) is 18.4. The first-order valence-corrected chi connectivity index (χ1v) is 13.0. The number of benzene rings is 3. The Hall–Kier alpha value is -4.10. The highest BCUT2D eigenvalue weighted by Gasteiger charge is 2.26. The number of nitrogens with zero attached hydrogens (tertiary/aromatic N) is 2. The van der Waals surface area contributed by atoms with Crippen molar-refractivity contribution in [2.75, 3.05) is 19.7 Å². The molecule has 1 heterocycles. The first kappa shape index (κ1) is 26.9. The van der Waals surface area contributed by atoms with Crippen molar-refractivity contribution in [3.63, 3.8) is 0 Å². The summed E-state index contributed by atoms with van der Waals surface area (Å²) >= 11 is 5.91. The Morgan fingerprint density at radius 3 is 2.32 bits per heavy atom. The predicted octanol–water partition coefficient (Wildman–Crippen LogP) is 5.55. The second-order valence-corrected chi connectivity index (χ2v) is 9.27. The molecule has 0 aliphatic heterocycles. The van der Waals surface area contributed by atoms with Crippen LogP contribution in [0.25, 0.3) is 16.9 Å². The molecule has 0 bridgehead atoms. The van der Waals surface area contributed by atoms with Gasteiger partial charge in [0.2, 0.25) is 0 Å². The standard InChI is InChI=1S/C30H30ClN3O4/c1-3-18-33(27(36)20-38-24-16-14-23(31)15-17-24)19-26(35)28-29(22-11-6-5-7-12-22)32-34(30(28)37)25-13-9-8-10-21(25)4-2/h5-17,32H,3-4,18-20H2,1-2H3. The van der Waals surface area contributed by atoms with Crippen LogP contribution in [0.2, 0.25) is 5.02 Å². The quantitative estimate of drug-likeness (QED) is 0.257. The van der Waals surface area contributed by atoms with Gasteiger partial charge in [-0.2, -0.15) is 0 Å². The van der Waals surface area contributed by atoms with E-state index in [0.29, 0.717) is 40.7 Å². The summed E-state index contributed by atoms with van der Waals surface area (Å²) in [5.74, 6) is -0.283. The molecule has 0 atom stereocenters. The monoisotopic (exact) mass is 531 g/mol. The van der Waals surface area contributed by atoms with Gasteiger partial charge in [-0.3, -0.25) is 19.5 Å². The van der Waals surface area contributed by atoms with E-state index in [1.165, 1.54) is 9.58 Å². The van der Waals surface area contributed by atoms with Crippen molar-refractivity contribution in [1.82, 2.24) is 14.7 Å². The highest BCUT2D eigenvalue weighted by molar-refractivity contribution is 6.30. The summed E-state index contributed by atoms with van der Waals surface area (Å²) in [6.45, 7) is 3.82. The Labute approximate surface area is 226 Å². The Kier molecular flexibility index (Phi) is 8.81. The van der Waals surface area contributed by atoms with Crippen molar-refractivity contribution >= 4 is 23.3 Å². The van der Waals surface area contributed by atoms with Gasteiger partial charge in [-0.05, 0) is 48.7 Å². The molecule has 0 aliphatic rings. The number of H-pyrrole nitrogens is 1. The van der Waals surface area contributed by atoms with Gasteiger partial charge in [-0.25, -0.2) is 4.68 Å². The van der Waals surface area contributed by atoms with Crippen LogP contribution < -0.4 is 10.3 Å². The zero-order valence-electron chi connectivity index (χ0n) is 21.4. The second kappa shape index (κ2) is 12.4. The number of ether oxygens (including phenoxy) is 1. The largest absolute Gasteiger partial charge is 0.484 e. The molecule has 8 heteroatoms. The van der Waals surface area contributed by atoms with Gasteiger partial charge in [-0.15, -0.1) is 0 Å². The average molecular weight is 532 g/mol. The smallest absolute Gasteiger partial charge is 0.282 e. The third kappa shape index (κ3) is 6.06. The summed E-state index contributed by atoms with van der Waals surface area (Å²) in [5, 5.41) is 3.73. The lowest BCUT2D eigenvalue weighted by atomic mass is 10.0. The SMILES string of the molecule is CCCN(CC(=O)c1c(-c2ccccc2)[nH]n(-c2ccccc2CC)c1=O)C(=O)COc1ccc(Cl)cc1. The average Bonchev–Trinajstić information content (AvgIpc) is 3.29. The zero-order chi connectivity index (χ0) is 27.1. The summed E-state index contributed by atoms with van der Waals surface area (Å²) in [7, 11) is 0. The number of aromatic nitrogens is 2. The molecular formula is C30H30ClN3O4. The van der Waals surface area contributed by atoms with E-state index in [1.807, 2.05) is 68.4 Å². The van der Waals surface area contributed by atoms with Crippen molar-refractivity contribution in [2.45, 2.75) is 26.7 Å². The number of nitrogens with one attached hydrogen (secondary N) is 1. The van der Waals surface area contributed by atoms with Crippen LogP contribution in [0.15, 0.2) is 83.7 Å². The van der Waals surface area contributed by atoms with E-state index in [9.17, 15) is 14.4 Å². The Balaban J connectivity index is 1.65. The van der Waals surface area contributed by atoms with Crippen LogP contribution in [-0.2, 0) is 11.2 Å². The van der Waals surface area contributed by atoms with E-state index in [1.54, 1.807) is 24.3 Å². The maximum absolute atomic E-state index is 13.7. The number of rotatable bonds is 11. The van der Waals surface area contributed by atoms with E-state index in [-0.39, 0.29) is 24.6 Å². The number of Topliss-reactive ketones (excluding diaryl/α,β-unsaturated/α-hetero) is 1. The molecule has 4 rings (SSSR count). The molecule has 0 fully saturated rings. The Morgan fingerprint density at radius 1 is 0.947 bits per heavy atom. The number of carbonyl (C=O) groups excluding carboxylic acids is 2. The fourth-order valence-corrected chi connectivity index (χ4v) is 4.41. The Bertz CT molecular complexity index is 1460. The molecule has 196 valence electrons. The van der Waals surface area contributed by atoms with E-state index in [4.69, 9.17) is 16.3 Å². The molecule has 1 N–H and O–H groups in total. The minimum absolute atomic E-state index is 0.0228. The maximum Gasteiger partial charge on any atom is 0.282 e.